The molecule has 94 valence electrons. The van der Waals surface area contributed by atoms with Crippen molar-refractivity contribution in [3.05, 3.63) is 34.4 Å². The molecule has 0 amide bonds. The number of ether oxygens (including phenoxy) is 1. The molecule has 0 aliphatic heterocycles. The van der Waals surface area contributed by atoms with Gasteiger partial charge in [-0.15, -0.1) is 0 Å². The number of alkyl halides is 2. The van der Waals surface area contributed by atoms with Crippen LogP contribution in [0.3, 0.4) is 0 Å². The predicted molar refractivity (Wildman–Crippen MR) is 57.5 cm³/mol. The van der Waals surface area contributed by atoms with E-state index in [0.717, 1.165) is 12.1 Å². The van der Waals surface area contributed by atoms with Gasteiger partial charge in [0.1, 0.15) is 6.07 Å². The second-order valence-electron chi connectivity index (χ2n) is 3.24. The zero-order chi connectivity index (χ0) is 13.7. The van der Waals surface area contributed by atoms with Gasteiger partial charge in [0.05, 0.1) is 17.7 Å². The van der Waals surface area contributed by atoms with E-state index in [4.69, 9.17) is 5.26 Å². The topological polar surface area (TPSA) is 67.2 Å². The molecule has 0 bridgehead atoms. The standard InChI is InChI=1S/C12H9F2NO3/c1-2-18-12(17)8-4-3-7(6-16)10(11(13)14)9(8)5-15/h3-4,6,11H,2H2,1H3. The molecule has 0 N–H and O–H groups in total. The molecule has 6 heteroatoms. The lowest BCUT2D eigenvalue weighted by Crippen LogP contribution is -2.10. The van der Waals surface area contributed by atoms with Crippen LogP contribution in [0.15, 0.2) is 12.1 Å². The Labute approximate surface area is 102 Å². The smallest absolute Gasteiger partial charge is 0.339 e. The number of carbonyl (C=O) groups excluding carboxylic acids is 2. The van der Waals surface area contributed by atoms with E-state index in [1.54, 1.807) is 6.92 Å². The number of rotatable bonds is 4. The summed E-state index contributed by atoms with van der Waals surface area (Å²) in [5.74, 6) is -0.867. The number of esters is 1. The maximum absolute atomic E-state index is 12.8. The first-order valence-corrected chi connectivity index (χ1v) is 5.04. The Kier molecular flexibility index (Phi) is 4.49. The highest BCUT2D eigenvalue weighted by atomic mass is 19.3. The third kappa shape index (κ3) is 2.51. The first kappa shape index (κ1) is 13.8. The highest BCUT2D eigenvalue weighted by Gasteiger charge is 2.24. The van der Waals surface area contributed by atoms with Crippen molar-refractivity contribution in [1.29, 1.82) is 5.26 Å². The highest BCUT2D eigenvalue weighted by molar-refractivity contribution is 5.94. The van der Waals surface area contributed by atoms with E-state index >= 15 is 0 Å². The summed E-state index contributed by atoms with van der Waals surface area (Å²) < 4.78 is 30.3. The SMILES string of the molecule is CCOC(=O)c1ccc(C=O)c(C(F)F)c1C#N. The first-order chi connectivity index (χ1) is 8.56. The Morgan fingerprint density at radius 2 is 2.22 bits per heavy atom. The van der Waals surface area contributed by atoms with E-state index in [9.17, 15) is 18.4 Å². The van der Waals surface area contributed by atoms with Gasteiger partial charge in [0.2, 0.25) is 0 Å². The van der Waals surface area contributed by atoms with Crippen molar-refractivity contribution in [1.82, 2.24) is 0 Å². The van der Waals surface area contributed by atoms with Gasteiger partial charge in [-0.1, -0.05) is 6.07 Å². The molecule has 1 aromatic rings. The quantitative estimate of drug-likeness (QED) is 0.610. The fourth-order valence-corrected chi connectivity index (χ4v) is 1.47. The van der Waals surface area contributed by atoms with Gasteiger partial charge in [0.25, 0.3) is 6.43 Å². The van der Waals surface area contributed by atoms with Gasteiger partial charge >= 0.3 is 5.97 Å². The van der Waals surface area contributed by atoms with Crippen LogP contribution in [0.1, 0.15) is 45.2 Å². The lowest BCUT2D eigenvalue weighted by molar-refractivity contribution is 0.0525. The third-order valence-electron chi connectivity index (χ3n) is 2.23. The lowest BCUT2D eigenvalue weighted by atomic mass is 9.97. The molecule has 4 nitrogen and oxygen atoms in total. The molecule has 0 spiro atoms. The minimum atomic E-state index is -3.02. The third-order valence-corrected chi connectivity index (χ3v) is 2.23. The second kappa shape index (κ2) is 5.87. The van der Waals surface area contributed by atoms with Gasteiger partial charge in [-0.3, -0.25) is 4.79 Å². The number of aldehydes is 1. The van der Waals surface area contributed by atoms with Crippen LogP contribution in [0.4, 0.5) is 8.78 Å². The van der Waals surface area contributed by atoms with Crippen molar-refractivity contribution in [2.75, 3.05) is 6.61 Å². The molecule has 0 heterocycles. The molecule has 0 aliphatic rings. The van der Waals surface area contributed by atoms with Crippen molar-refractivity contribution in [2.24, 2.45) is 0 Å². The summed E-state index contributed by atoms with van der Waals surface area (Å²) in [4.78, 5) is 22.1. The van der Waals surface area contributed by atoms with E-state index in [-0.39, 0.29) is 24.0 Å². The van der Waals surface area contributed by atoms with Crippen LogP contribution in [-0.2, 0) is 4.74 Å². The number of nitrogens with zero attached hydrogens (tertiary/aromatic N) is 1. The van der Waals surface area contributed by atoms with E-state index in [2.05, 4.69) is 4.74 Å². The average molecular weight is 253 g/mol. The molecular formula is C12H9F2NO3. The lowest BCUT2D eigenvalue weighted by Gasteiger charge is -2.10. The van der Waals surface area contributed by atoms with Crippen LogP contribution in [-0.4, -0.2) is 18.9 Å². The number of hydrogen-bond donors (Lipinski definition) is 0. The summed E-state index contributed by atoms with van der Waals surface area (Å²) in [6.07, 6.45) is -2.80. The number of halogens is 2. The second-order valence-corrected chi connectivity index (χ2v) is 3.24. The van der Waals surface area contributed by atoms with Crippen molar-refractivity contribution in [3.8, 4) is 6.07 Å². The fraction of sp³-hybridized carbons (Fsp3) is 0.250. The highest BCUT2D eigenvalue weighted by Crippen LogP contribution is 2.28. The van der Waals surface area contributed by atoms with Crippen molar-refractivity contribution in [2.45, 2.75) is 13.3 Å². The van der Waals surface area contributed by atoms with Crippen molar-refractivity contribution >= 4 is 12.3 Å². The maximum atomic E-state index is 12.8. The predicted octanol–water partition coefficient (Wildman–Crippen LogP) is 2.49. The fourth-order valence-electron chi connectivity index (χ4n) is 1.47. The van der Waals surface area contributed by atoms with Crippen molar-refractivity contribution < 1.29 is 23.1 Å². The number of benzene rings is 1. The van der Waals surface area contributed by atoms with E-state index in [1.807, 2.05) is 0 Å². The van der Waals surface area contributed by atoms with E-state index in [0.29, 0.717) is 0 Å². The molecule has 0 unspecified atom stereocenters. The molecule has 1 aromatic carbocycles. The van der Waals surface area contributed by atoms with Crippen LogP contribution < -0.4 is 0 Å². The number of carbonyl (C=O) groups is 2. The minimum absolute atomic E-state index is 0.0587. The summed E-state index contributed by atoms with van der Waals surface area (Å²) >= 11 is 0. The van der Waals surface area contributed by atoms with Gasteiger partial charge in [-0.25, -0.2) is 13.6 Å². The zero-order valence-corrected chi connectivity index (χ0v) is 9.44. The van der Waals surface area contributed by atoms with Crippen LogP contribution >= 0.6 is 0 Å². The van der Waals surface area contributed by atoms with Crippen LogP contribution in [0, 0.1) is 11.3 Å². The minimum Gasteiger partial charge on any atom is -0.462 e. The van der Waals surface area contributed by atoms with Crippen molar-refractivity contribution in [3.63, 3.8) is 0 Å². The van der Waals surface area contributed by atoms with Crippen LogP contribution in [0.25, 0.3) is 0 Å². The Morgan fingerprint density at radius 3 is 2.67 bits per heavy atom. The molecule has 1 rings (SSSR count). The molecule has 0 aromatic heterocycles. The Morgan fingerprint density at radius 1 is 1.56 bits per heavy atom. The van der Waals surface area contributed by atoms with Gasteiger partial charge in [0.15, 0.2) is 6.29 Å². The summed E-state index contributed by atoms with van der Waals surface area (Å²) in [5, 5.41) is 8.88. The monoisotopic (exact) mass is 253 g/mol. The normalized spacial score (nSPS) is 9.94. The molecule has 0 aliphatic carbocycles. The first-order valence-electron chi connectivity index (χ1n) is 5.04. The van der Waals surface area contributed by atoms with Gasteiger partial charge in [0, 0.05) is 11.1 Å². The molecule has 18 heavy (non-hydrogen) atoms. The number of nitriles is 1. The Hall–Kier alpha value is -2.29. The van der Waals surface area contributed by atoms with E-state index < -0.39 is 23.5 Å². The average Bonchev–Trinajstić information content (AvgIpc) is 2.36. The van der Waals surface area contributed by atoms with Gasteiger partial charge in [-0.2, -0.15) is 5.26 Å². The summed E-state index contributed by atoms with van der Waals surface area (Å²) in [7, 11) is 0. The van der Waals surface area contributed by atoms with E-state index in [1.165, 1.54) is 6.07 Å². The Bertz CT molecular complexity index is 521. The Balaban J connectivity index is 3.48. The summed E-state index contributed by atoms with van der Waals surface area (Å²) in [5.41, 5.74) is -1.83. The zero-order valence-electron chi connectivity index (χ0n) is 9.44. The summed E-state index contributed by atoms with van der Waals surface area (Å²) in [6, 6.07) is 3.72. The molecule has 0 radical (unpaired) electrons. The summed E-state index contributed by atoms with van der Waals surface area (Å²) in [6.45, 7) is 1.61. The number of hydrogen-bond acceptors (Lipinski definition) is 4. The van der Waals surface area contributed by atoms with Crippen LogP contribution in [0.2, 0.25) is 0 Å². The maximum Gasteiger partial charge on any atom is 0.339 e. The molecule has 0 saturated carbocycles. The molecule has 0 atom stereocenters. The van der Waals surface area contributed by atoms with Gasteiger partial charge < -0.3 is 4.74 Å². The van der Waals surface area contributed by atoms with Crippen LogP contribution in [0.5, 0.6) is 0 Å². The molecule has 0 fully saturated rings. The largest absolute Gasteiger partial charge is 0.462 e. The molecule has 0 saturated heterocycles. The molecular weight excluding hydrogens is 244 g/mol. The van der Waals surface area contributed by atoms with Gasteiger partial charge in [-0.05, 0) is 13.0 Å².